The lowest BCUT2D eigenvalue weighted by molar-refractivity contribution is 0.951. The second kappa shape index (κ2) is 1.85. The molecule has 0 spiro atoms. The van der Waals surface area contributed by atoms with Crippen LogP contribution in [0.4, 0.5) is 11.8 Å². The summed E-state index contributed by atoms with van der Waals surface area (Å²) in [7, 11) is 1.72. The molecule has 1 aromatic rings. The number of anilines is 2. The SMILES string of the molecule is CNn1c(N)cnc1N. The third-order valence-electron chi connectivity index (χ3n) is 1.04. The van der Waals surface area contributed by atoms with E-state index in [0.717, 1.165) is 0 Å². The maximum atomic E-state index is 5.41. The van der Waals surface area contributed by atoms with E-state index in [9.17, 15) is 0 Å². The summed E-state index contributed by atoms with van der Waals surface area (Å²) in [6.45, 7) is 0. The van der Waals surface area contributed by atoms with Crippen molar-refractivity contribution in [2.75, 3.05) is 23.9 Å². The molecular formula is C4H9N5. The summed E-state index contributed by atoms with van der Waals surface area (Å²) >= 11 is 0. The molecule has 0 fully saturated rings. The second-order valence-electron chi connectivity index (χ2n) is 1.60. The van der Waals surface area contributed by atoms with Crippen molar-refractivity contribution in [3.05, 3.63) is 6.20 Å². The van der Waals surface area contributed by atoms with Crippen LogP contribution in [0.1, 0.15) is 0 Å². The van der Waals surface area contributed by atoms with Gasteiger partial charge in [-0.1, -0.05) is 0 Å². The Kier molecular flexibility index (Phi) is 1.18. The molecule has 5 nitrogen and oxygen atoms in total. The summed E-state index contributed by atoms with van der Waals surface area (Å²) in [4.78, 5) is 3.74. The maximum absolute atomic E-state index is 5.41. The first-order valence-electron chi connectivity index (χ1n) is 2.52. The third kappa shape index (κ3) is 0.758. The monoisotopic (exact) mass is 127 g/mol. The van der Waals surface area contributed by atoms with E-state index in [-0.39, 0.29) is 0 Å². The fourth-order valence-corrected chi connectivity index (χ4v) is 0.624. The molecule has 0 bridgehead atoms. The van der Waals surface area contributed by atoms with Gasteiger partial charge in [-0.25, -0.2) is 9.66 Å². The Morgan fingerprint density at radius 1 is 1.67 bits per heavy atom. The van der Waals surface area contributed by atoms with Crippen LogP contribution in [0.5, 0.6) is 0 Å². The van der Waals surface area contributed by atoms with Crippen molar-refractivity contribution < 1.29 is 0 Å². The van der Waals surface area contributed by atoms with Gasteiger partial charge in [-0.2, -0.15) is 0 Å². The second-order valence-corrected chi connectivity index (χ2v) is 1.60. The highest BCUT2D eigenvalue weighted by Crippen LogP contribution is 2.03. The first kappa shape index (κ1) is 5.74. The van der Waals surface area contributed by atoms with Crippen LogP contribution in [-0.4, -0.2) is 16.7 Å². The number of nitrogens with zero attached hydrogens (tertiary/aromatic N) is 2. The van der Waals surface area contributed by atoms with Crippen molar-refractivity contribution in [2.45, 2.75) is 0 Å². The standard InChI is InChI=1S/C4H9N5/c1-7-9-3(5)2-8-4(9)6/h2,7H,5H2,1H3,(H2,6,8). The third-order valence-corrected chi connectivity index (χ3v) is 1.04. The summed E-state index contributed by atoms with van der Waals surface area (Å²) in [6, 6.07) is 0. The van der Waals surface area contributed by atoms with Gasteiger partial charge in [0.15, 0.2) is 0 Å². The van der Waals surface area contributed by atoms with Gasteiger partial charge in [0.05, 0.1) is 6.20 Å². The van der Waals surface area contributed by atoms with Crippen LogP contribution in [-0.2, 0) is 0 Å². The average molecular weight is 127 g/mol. The molecule has 0 aliphatic heterocycles. The molecule has 9 heavy (non-hydrogen) atoms. The molecule has 0 aliphatic carbocycles. The number of hydrogen-bond donors (Lipinski definition) is 3. The minimum absolute atomic E-state index is 0.370. The van der Waals surface area contributed by atoms with E-state index in [1.807, 2.05) is 0 Å². The van der Waals surface area contributed by atoms with Gasteiger partial charge in [0.1, 0.15) is 5.82 Å². The number of nitrogens with two attached hydrogens (primary N) is 2. The Morgan fingerprint density at radius 3 is 2.56 bits per heavy atom. The lowest BCUT2D eigenvalue weighted by Crippen LogP contribution is -2.14. The average Bonchev–Trinajstić information content (AvgIpc) is 2.12. The Hall–Kier alpha value is -1.39. The molecule has 5 heteroatoms. The molecule has 0 aliphatic rings. The molecule has 1 heterocycles. The largest absolute Gasteiger partial charge is 0.382 e. The van der Waals surface area contributed by atoms with Crippen LogP contribution < -0.4 is 16.9 Å². The van der Waals surface area contributed by atoms with Crippen molar-refractivity contribution in [2.24, 2.45) is 0 Å². The normalized spacial score (nSPS) is 9.44. The van der Waals surface area contributed by atoms with E-state index in [1.165, 1.54) is 10.9 Å². The van der Waals surface area contributed by atoms with Gasteiger partial charge in [0.2, 0.25) is 5.95 Å². The summed E-state index contributed by atoms with van der Waals surface area (Å²) in [6.07, 6.45) is 1.49. The zero-order valence-electron chi connectivity index (χ0n) is 5.13. The predicted molar refractivity (Wildman–Crippen MR) is 36.3 cm³/mol. The van der Waals surface area contributed by atoms with Crippen LogP contribution in [0.25, 0.3) is 0 Å². The first-order chi connectivity index (χ1) is 4.25. The lowest BCUT2D eigenvalue weighted by Gasteiger charge is -2.02. The smallest absolute Gasteiger partial charge is 0.221 e. The first-order valence-corrected chi connectivity index (χ1v) is 2.52. The van der Waals surface area contributed by atoms with E-state index < -0.39 is 0 Å². The van der Waals surface area contributed by atoms with Gasteiger partial charge < -0.3 is 16.9 Å². The van der Waals surface area contributed by atoms with E-state index in [0.29, 0.717) is 11.8 Å². The van der Waals surface area contributed by atoms with Gasteiger partial charge in [-0.3, -0.25) is 0 Å². The number of aromatic nitrogens is 2. The summed E-state index contributed by atoms with van der Waals surface area (Å²) in [5.74, 6) is 0.880. The molecule has 0 atom stereocenters. The Labute approximate surface area is 52.6 Å². The predicted octanol–water partition coefficient (Wildman–Crippen LogP) is -0.779. The van der Waals surface area contributed by atoms with Gasteiger partial charge >= 0.3 is 0 Å². The topological polar surface area (TPSA) is 81.9 Å². The molecule has 1 rings (SSSR count). The summed E-state index contributed by atoms with van der Waals surface area (Å²) < 4.78 is 1.49. The van der Waals surface area contributed by atoms with Gasteiger partial charge in [-0.15, -0.1) is 0 Å². The Balaban J connectivity index is 3.07. The fraction of sp³-hybridized carbons (Fsp3) is 0.250. The molecule has 5 N–H and O–H groups in total. The zero-order chi connectivity index (χ0) is 6.85. The molecule has 0 saturated carbocycles. The number of nitrogen functional groups attached to an aromatic ring is 2. The number of rotatable bonds is 1. The molecule has 0 amide bonds. The van der Waals surface area contributed by atoms with Gasteiger partial charge in [0.25, 0.3) is 0 Å². The van der Waals surface area contributed by atoms with Crippen molar-refractivity contribution in [1.82, 2.24) is 9.66 Å². The summed E-state index contributed by atoms with van der Waals surface area (Å²) in [5.41, 5.74) is 13.5. The fourth-order valence-electron chi connectivity index (χ4n) is 0.624. The highest BCUT2D eigenvalue weighted by molar-refractivity contribution is 5.37. The quantitative estimate of drug-likeness (QED) is 0.462. The number of hydrogen-bond acceptors (Lipinski definition) is 4. The highest BCUT2D eigenvalue weighted by atomic mass is 15.5. The molecule has 1 aromatic heterocycles. The molecular weight excluding hydrogens is 118 g/mol. The van der Waals surface area contributed by atoms with Crippen LogP contribution in [0.2, 0.25) is 0 Å². The maximum Gasteiger partial charge on any atom is 0.221 e. The van der Waals surface area contributed by atoms with Crippen molar-refractivity contribution >= 4 is 11.8 Å². The molecule has 0 unspecified atom stereocenters. The molecule has 50 valence electrons. The van der Waals surface area contributed by atoms with Crippen molar-refractivity contribution in [1.29, 1.82) is 0 Å². The minimum atomic E-state index is 0.370. The number of nitrogens with one attached hydrogen (secondary N) is 1. The van der Waals surface area contributed by atoms with E-state index in [4.69, 9.17) is 11.5 Å². The minimum Gasteiger partial charge on any atom is -0.382 e. The molecule has 0 radical (unpaired) electrons. The van der Waals surface area contributed by atoms with E-state index in [2.05, 4.69) is 10.4 Å². The lowest BCUT2D eigenvalue weighted by atomic mass is 10.8. The van der Waals surface area contributed by atoms with E-state index in [1.54, 1.807) is 7.05 Å². The van der Waals surface area contributed by atoms with Crippen molar-refractivity contribution in [3.8, 4) is 0 Å². The molecule has 0 saturated heterocycles. The van der Waals surface area contributed by atoms with Crippen LogP contribution in [0, 0.1) is 0 Å². The van der Waals surface area contributed by atoms with Gasteiger partial charge in [-0.05, 0) is 0 Å². The van der Waals surface area contributed by atoms with Gasteiger partial charge in [0, 0.05) is 7.05 Å². The highest BCUT2D eigenvalue weighted by Gasteiger charge is 1.98. The van der Waals surface area contributed by atoms with Crippen LogP contribution >= 0.6 is 0 Å². The molecule has 0 aromatic carbocycles. The number of imidazole rings is 1. The Bertz CT molecular complexity index is 183. The van der Waals surface area contributed by atoms with E-state index >= 15 is 0 Å². The summed E-state index contributed by atoms with van der Waals surface area (Å²) in [5, 5.41) is 0. The Morgan fingerprint density at radius 2 is 2.33 bits per heavy atom. The van der Waals surface area contributed by atoms with Crippen LogP contribution in [0.15, 0.2) is 6.20 Å². The van der Waals surface area contributed by atoms with Crippen LogP contribution in [0.3, 0.4) is 0 Å². The van der Waals surface area contributed by atoms with Crippen molar-refractivity contribution in [3.63, 3.8) is 0 Å². The zero-order valence-corrected chi connectivity index (χ0v) is 5.13.